The van der Waals surface area contributed by atoms with E-state index in [0.717, 1.165) is 31.0 Å². The molecule has 1 aromatic rings. The van der Waals surface area contributed by atoms with Crippen molar-refractivity contribution in [3.63, 3.8) is 0 Å². The van der Waals surface area contributed by atoms with Crippen LogP contribution in [0.4, 0.5) is 5.69 Å². The van der Waals surface area contributed by atoms with Crippen LogP contribution in [-0.4, -0.2) is 19.1 Å². The van der Waals surface area contributed by atoms with E-state index >= 15 is 0 Å². The van der Waals surface area contributed by atoms with Crippen LogP contribution in [0.5, 0.6) is 0 Å². The highest BCUT2D eigenvalue weighted by Gasteiger charge is 2.11. The largest absolute Gasteiger partial charge is 0.372 e. The molecule has 1 aromatic carbocycles. The fourth-order valence-corrected chi connectivity index (χ4v) is 2.21. The Labute approximate surface area is 110 Å². The molecule has 1 rings (SSSR count). The van der Waals surface area contributed by atoms with Crippen molar-refractivity contribution < 1.29 is 0 Å². The molecule has 0 spiro atoms. The number of hydrogen-bond acceptors (Lipinski definition) is 2. The molecule has 0 radical (unpaired) electrons. The third-order valence-corrected chi connectivity index (χ3v) is 3.39. The van der Waals surface area contributed by atoms with Gasteiger partial charge in [0.05, 0.1) is 0 Å². The zero-order chi connectivity index (χ0) is 12.8. The van der Waals surface area contributed by atoms with Gasteiger partial charge in [-0.1, -0.05) is 18.5 Å². The van der Waals surface area contributed by atoms with Gasteiger partial charge in [-0.05, 0) is 50.5 Å². The van der Waals surface area contributed by atoms with Crippen molar-refractivity contribution in [2.45, 2.75) is 39.7 Å². The van der Waals surface area contributed by atoms with Crippen LogP contribution in [-0.2, 0) is 6.42 Å². The van der Waals surface area contributed by atoms with E-state index in [4.69, 9.17) is 17.3 Å². The first kappa shape index (κ1) is 14.3. The van der Waals surface area contributed by atoms with Crippen LogP contribution in [0.1, 0.15) is 32.8 Å². The molecule has 2 N–H and O–H groups in total. The van der Waals surface area contributed by atoms with E-state index in [9.17, 15) is 0 Å². The molecule has 0 bridgehead atoms. The molecular formula is C14H23ClN2. The summed E-state index contributed by atoms with van der Waals surface area (Å²) >= 11 is 6.08. The van der Waals surface area contributed by atoms with Crippen molar-refractivity contribution in [3.05, 3.63) is 28.8 Å². The summed E-state index contributed by atoms with van der Waals surface area (Å²) in [4.78, 5) is 2.34. The van der Waals surface area contributed by atoms with Crippen molar-refractivity contribution in [1.29, 1.82) is 0 Å². The SMILES string of the molecule is CCC(N)Cc1cc(Cl)ccc1N(CC)CC. The summed E-state index contributed by atoms with van der Waals surface area (Å²) in [6, 6.07) is 6.32. The number of nitrogens with two attached hydrogens (primary N) is 1. The Hall–Kier alpha value is -0.730. The van der Waals surface area contributed by atoms with Gasteiger partial charge in [-0.3, -0.25) is 0 Å². The third kappa shape index (κ3) is 3.90. The van der Waals surface area contributed by atoms with Crippen molar-refractivity contribution in [2.24, 2.45) is 5.73 Å². The Morgan fingerprint density at radius 3 is 2.41 bits per heavy atom. The van der Waals surface area contributed by atoms with Gasteiger partial charge in [0.15, 0.2) is 0 Å². The zero-order valence-electron chi connectivity index (χ0n) is 11.0. The molecule has 0 fully saturated rings. The summed E-state index contributed by atoms with van der Waals surface area (Å²) < 4.78 is 0. The Morgan fingerprint density at radius 1 is 1.24 bits per heavy atom. The second kappa shape index (κ2) is 6.87. The molecule has 0 aliphatic rings. The van der Waals surface area contributed by atoms with Crippen LogP contribution in [0, 0.1) is 0 Å². The number of benzene rings is 1. The molecule has 1 unspecified atom stereocenters. The van der Waals surface area contributed by atoms with Crippen molar-refractivity contribution >= 4 is 17.3 Å². The van der Waals surface area contributed by atoms with Gasteiger partial charge in [0, 0.05) is 29.8 Å². The zero-order valence-corrected chi connectivity index (χ0v) is 11.8. The summed E-state index contributed by atoms with van der Waals surface area (Å²) in [5, 5.41) is 0.791. The normalized spacial score (nSPS) is 12.5. The van der Waals surface area contributed by atoms with Crippen molar-refractivity contribution in [1.82, 2.24) is 0 Å². The fourth-order valence-electron chi connectivity index (χ4n) is 2.02. The summed E-state index contributed by atoms with van der Waals surface area (Å²) in [6.45, 7) is 8.47. The summed E-state index contributed by atoms with van der Waals surface area (Å²) in [6.07, 6.45) is 1.88. The van der Waals surface area contributed by atoms with Gasteiger partial charge in [-0.25, -0.2) is 0 Å². The second-order valence-corrected chi connectivity index (χ2v) is 4.75. The molecule has 0 aliphatic carbocycles. The fraction of sp³-hybridized carbons (Fsp3) is 0.571. The molecule has 0 saturated carbocycles. The topological polar surface area (TPSA) is 29.3 Å². The standard InChI is InChI=1S/C14H23ClN2/c1-4-13(16)10-11-9-12(15)7-8-14(11)17(5-2)6-3/h7-9,13H,4-6,10,16H2,1-3H3. The maximum absolute atomic E-state index is 6.08. The number of rotatable bonds is 6. The van der Waals surface area contributed by atoms with E-state index in [1.165, 1.54) is 11.3 Å². The lowest BCUT2D eigenvalue weighted by molar-refractivity contribution is 0.644. The Balaban J connectivity index is 3.02. The van der Waals surface area contributed by atoms with Gasteiger partial charge in [-0.15, -0.1) is 0 Å². The third-order valence-electron chi connectivity index (χ3n) is 3.15. The first-order valence-corrected chi connectivity index (χ1v) is 6.79. The van der Waals surface area contributed by atoms with Crippen LogP contribution < -0.4 is 10.6 Å². The predicted octanol–water partition coefficient (Wildman–Crippen LogP) is 3.47. The average molecular weight is 255 g/mol. The maximum atomic E-state index is 6.08. The average Bonchev–Trinajstić information content (AvgIpc) is 2.33. The van der Waals surface area contributed by atoms with Crippen LogP contribution in [0.25, 0.3) is 0 Å². The van der Waals surface area contributed by atoms with Crippen LogP contribution in [0.15, 0.2) is 18.2 Å². The Kier molecular flexibility index (Phi) is 5.79. The molecule has 0 amide bonds. The Morgan fingerprint density at radius 2 is 1.88 bits per heavy atom. The molecule has 0 heterocycles. The highest BCUT2D eigenvalue weighted by Crippen LogP contribution is 2.25. The quantitative estimate of drug-likeness (QED) is 0.842. The molecule has 0 saturated heterocycles. The molecule has 2 nitrogen and oxygen atoms in total. The lowest BCUT2D eigenvalue weighted by atomic mass is 10.0. The van der Waals surface area contributed by atoms with Crippen LogP contribution >= 0.6 is 11.6 Å². The Bertz CT molecular complexity index is 348. The van der Waals surface area contributed by atoms with Crippen molar-refractivity contribution in [2.75, 3.05) is 18.0 Å². The van der Waals surface area contributed by atoms with Gasteiger partial charge in [0.1, 0.15) is 0 Å². The van der Waals surface area contributed by atoms with Crippen LogP contribution in [0.3, 0.4) is 0 Å². The lowest BCUT2D eigenvalue weighted by Crippen LogP contribution is -2.26. The van der Waals surface area contributed by atoms with Gasteiger partial charge in [0.2, 0.25) is 0 Å². The van der Waals surface area contributed by atoms with Gasteiger partial charge < -0.3 is 10.6 Å². The molecule has 3 heteroatoms. The van der Waals surface area contributed by atoms with E-state index in [1.54, 1.807) is 0 Å². The smallest absolute Gasteiger partial charge is 0.0410 e. The summed E-state index contributed by atoms with van der Waals surface area (Å²) in [7, 11) is 0. The van der Waals surface area contributed by atoms with Crippen LogP contribution in [0.2, 0.25) is 5.02 Å². The first-order valence-electron chi connectivity index (χ1n) is 6.41. The van der Waals surface area contributed by atoms with E-state index in [2.05, 4.69) is 31.7 Å². The molecule has 96 valence electrons. The minimum atomic E-state index is 0.211. The first-order chi connectivity index (χ1) is 8.12. The predicted molar refractivity (Wildman–Crippen MR) is 77.0 cm³/mol. The highest BCUT2D eigenvalue weighted by atomic mass is 35.5. The number of hydrogen-bond donors (Lipinski definition) is 1. The van der Waals surface area contributed by atoms with Gasteiger partial charge >= 0.3 is 0 Å². The van der Waals surface area contributed by atoms with Gasteiger partial charge in [-0.2, -0.15) is 0 Å². The summed E-state index contributed by atoms with van der Waals surface area (Å²) in [5.74, 6) is 0. The van der Waals surface area contributed by atoms with E-state index in [-0.39, 0.29) is 6.04 Å². The minimum absolute atomic E-state index is 0.211. The van der Waals surface area contributed by atoms with Crippen molar-refractivity contribution in [3.8, 4) is 0 Å². The molecule has 0 aliphatic heterocycles. The molecule has 0 aromatic heterocycles. The van der Waals surface area contributed by atoms with E-state index in [0.29, 0.717) is 0 Å². The van der Waals surface area contributed by atoms with Gasteiger partial charge in [0.25, 0.3) is 0 Å². The molecule has 17 heavy (non-hydrogen) atoms. The van der Waals surface area contributed by atoms with E-state index < -0.39 is 0 Å². The summed E-state index contributed by atoms with van der Waals surface area (Å²) in [5.41, 5.74) is 8.57. The lowest BCUT2D eigenvalue weighted by Gasteiger charge is -2.25. The maximum Gasteiger partial charge on any atom is 0.0410 e. The van der Waals surface area contributed by atoms with E-state index in [1.807, 2.05) is 12.1 Å². The second-order valence-electron chi connectivity index (χ2n) is 4.32. The number of halogens is 1. The molecular weight excluding hydrogens is 232 g/mol. The molecule has 1 atom stereocenters. The number of anilines is 1. The monoisotopic (exact) mass is 254 g/mol. The number of nitrogens with zero attached hydrogens (tertiary/aromatic N) is 1. The highest BCUT2D eigenvalue weighted by molar-refractivity contribution is 6.30. The minimum Gasteiger partial charge on any atom is -0.372 e.